The predicted molar refractivity (Wildman–Crippen MR) is 79.4 cm³/mol. The molecule has 0 spiro atoms. The zero-order valence-corrected chi connectivity index (χ0v) is 12.0. The molecule has 0 fully saturated rings. The second-order valence-corrected chi connectivity index (χ2v) is 4.90. The van der Waals surface area contributed by atoms with Gasteiger partial charge in [-0.3, -0.25) is 9.78 Å². The minimum atomic E-state index is -0.0669. The molecule has 0 aliphatic heterocycles. The average molecular weight is 319 g/mol. The Morgan fingerprint density at radius 3 is 2.47 bits per heavy atom. The molecule has 1 amide bonds. The number of nitrogens with zero attached hydrogens (tertiary/aromatic N) is 1. The first kappa shape index (κ1) is 13.7. The van der Waals surface area contributed by atoms with Gasteiger partial charge in [-0.15, -0.1) is 0 Å². The van der Waals surface area contributed by atoms with Crippen LogP contribution >= 0.6 is 15.9 Å². The molecule has 4 heteroatoms. The Morgan fingerprint density at radius 2 is 1.84 bits per heavy atom. The maximum absolute atomic E-state index is 12.0. The van der Waals surface area contributed by atoms with E-state index in [0.717, 1.165) is 11.8 Å². The largest absolute Gasteiger partial charge is 0.348 e. The minimum absolute atomic E-state index is 0.0669. The van der Waals surface area contributed by atoms with Crippen molar-refractivity contribution in [1.29, 1.82) is 0 Å². The number of hydrogen-bond acceptors (Lipinski definition) is 2. The Balaban J connectivity index is 1.98. The number of nitrogens with one attached hydrogen (secondary N) is 1. The summed E-state index contributed by atoms with van der Waals surface area (Å²) in [6, 6.07) is 13.6. The molecular formula is C15H15BrN2O. The summed E-state index contributed by atoms with van der Waals surface area (Å²) in [4.78, 5) is 16.0. The first-order valence-corrected chi connectivity index (χ1v) is 7.22. The number of carbonyl (C=O) groups excluding carboxylic acids is 1. The van der Waals surface area contributed by atoms with Crippen LogP contribution < -0.4 is 5.32 Å². The molecule has 1 unspecified atom stereocenters. The lowest BCUT2D eigenvalue weighted by Gasteiger charge is -2.16. The third kappa shape index (κ3) is 4.17. The third-order valence-corrected chi connectivity index (χ3v) is 3.57. The first-order chi connectivity index (χ1) is 9.29. The average Bonchev–Trinajstić information content (AvgIpc) is 2.48. The number of hydrogen-bond donors (Lipinski definition) is 1. The lowest BCUT2D eigenvalue weighted by atomic mass is 10.1. The molecule has 1 heterocycles. The topological polar surface area (TPSA) is 42.0 Å². The van der Waals surface area contributed by atoms with Gasteiger partial charge in [0.1, 0.15) is 0 Å². The van der Waals surface area contributed by atoms with E-state index in [1.807, 2.05) is 18.2 Å². The molecule has 1 aromatic carbocycles. The minimum Gasteiger partial charge on any atom is -0.348 e. The van der Waals surface area contributed by atoms with Crippen LogP contribution in [0.3, 0.4) is 0 Å². The van der Waals surface area contributed by atoms with Crippen LogP contribution in [-0.2, 0) is 6.42 Å². The Morgan fingerprint density at radius 1 is 1.16 bits per heavy atom. The summed E-state index contributed by atoms with van der Waals surface area (Å²) < 4.78 is 0. The van der Waals surface area contributed by atoms with Crippen molar-refractivity contribution in [3.8, 4) is 0 Å². The van der Waals surface area contributed by atoms with Crippen LogP contribution in [0.4, 0.5) is 0 Å². The number of carbonyl (C=O) groups is 1. The van der Waals surface area contributed by atoms with Gasteiger partial charge in [-0.2, -0.15) is 0 Å². The van der Waals surface area contributed by atoms with Crippen molar-refractivity contribution >= 4 is 21.8 Å². The highest BCUT2D eigenvalue weighted by molar-refractivity contribution is 9.09. The van der Waals surface area contributed by atoms with Crippen LogP contribution in [-0.4, -0.2) is 22.3 Å². The number of alkyl halides is 1. The van der Waals surface area contributed by atoms with E-state index in [2.05, 4.69) is 38.4 Å². The van der Waals surface area contributed by atoms with Gasteiger partial charge < -0.3 is 5.32 Å². The number of aromatic nitrogens is 1. The molecule has 1 aromatic heterocycles. The highest BCUT2D eigenvalue weighted by Crippen LogP contribution is 2.06. The van der Waals surface area contributed by atoms with Crippen molar-refractivity contribution in [3.05, 3.63) is 66.0 Å². The molecule has 3 nitrogen and oxygen atoms in total. The highest BCUT2D eigenvalue weighted by Gasteiger charge is 2.13. The van der Waals surface area contributed by atoms with Gasteiger partial charge in [0.25, 0.3) is 5.91 Å². The normalized spacial score (nSPS) is 11.8. The fourth-order valence-corrected chi connectivity index (χ4v) is 2.21. The van der Waals surface area contributed by atoms with Crippen LogP contribution in [0.15, 0.2) is 54.9 Å². The van der Waals surface area contributed by atoms with Gasteiger partial charge in [0.05, 0.1) is 0 Å². The molecule has 0 saturated heterocycles. The molecule has 1 atom stereocenters. The second kappa shape index (κ2) is 7.04. The molecule has 19 heavy (non-hydrogen) atoms. The fourth-order valence-electron chi connectivity index (χ4n) is 1.81. The van der Waals surface area contributed by atoms with E-state index in [0.29, 0.717) is 5.56 Å². The molecule has 0 aliphatic rings. The first-order valence-electron chi connectivity index (χ1n) is 6.10. The van der Waals surface area contributed by atoms with Crippen molar-refractivity contribution < 1.29 is 4.79 Å². The Bertz CT molecular complexity index is 516. The Hall–Kier alpha value is -1.68. The van der Waals surface area contributed by atoms with E-state index in [9.17, 15) is 4.79 Å². The molecule has 1 N–H and O–H groups in total. The van der Waals surface area contributed by atoms with Crippen LogP contribution in [0.25, 0.3) is 0 Å². The van der Waals surface area contributed by atoms with Gasteiger partial charge in [-0.05, 0) is 24.1 Å². The van der Waals surface area contributed by atoms with Crippen molar-refractivity contribution in [1.82, 2.24) is 10.3 Å². The van der Waals surface area contributed by atoms with Crippen LogP contribution in [0.5, 0.6) is 0 Å². The summed E-state index contributed by atoms with van der Waals surface area (Å²) in [6.45, 7) is 0. The van der Waals surface area contributed by atoms with Gasteiger partial charge in [0.2, 0.25) is 0 Å². The van der Waals surface area contributed by atoms with Gasteiger partial charge >= 0.3 is 0 Å². The Kier molecular flexibility index (Phi) is 5.10. The molecule has 2 aromatic rings. The van der Waals surface area contributed by atoms with E-state index < -0.39 is 0 Å². The van der Waals surface area contributed by atoms with Crippen LogP contribution in [0.1, 0.15) is 15.9 Å². The summed E-state index contributed by atoms with van der Waals surface area (Å²) >= 11 is 3.45. The monoisotopic (exact) mass is 318 g/mol. The van der Waals surface area contributed by atoms with Crippen molar-refractivity contribution in [2.24, 2.45) is 0 Å². The smallest absolute Gasteiger partial charge is 0.251 e. The number of amides is 1. The van der Waals surface area contributed by atoms with Gasteiger partial charge in [0, 0.05) is 29.3 Å². The van der Waals surface area contributed by atoms with E-state index in [1.165, 1.54) is 5.56 Å². The second-order valence-electron chi connectivity index (χ2n) is 4.25. The number of pyridine rings is 1. The fraction of sp³-hybridized carbons (Fsp3) is 0.200. The van der Waals surface area contributed by atoms with E-state index in [4.69, 9.17) is 0 Å². The van der Waals surface area contributed by atoms with E-state index in [-0.39, 0.29) is 11.9 Å². The SMILES string of the molecule is O=C(NC(CBr)Cc1ccccc1)c1ccncc1. The van der Waals surface area contributed by atoms with Crippen molar-refractivity contribution in [2.75, 3.05) is 5.33 Å². The summed E-state index contributed by atoms with van der Waals surface area (Å²) in [5.41, 5.74) is 1.84. The summed E-state index contributed by atoms with van der Waals surface area (Å²) in [5.74, 6) is -0.0669. The Labute approximate surface area is 121 Å². The molecule has 0 saturated carbocycles. The number of rotatable bonds is 5. The maximum atomic E-state index is 12.0. The van der Waals surface area contributed by atoms with Gasteiger partial charge in [-0.1, -0.05) is 46.3 Å². The summed E-state index contributed by atoms with van der Waals surface area (Å²) in [5, 5.41) is 3.74. The van der Waals surface area contributed by atoms with Crippen LogP contribution in [0.2, 0.25) is 0 Å². The third-order valence-electron chi connectivity index (χ3n) is 2.79. The zero-order valence-electron chi connectivity index (χ0n) is 10.4. The standard InChI is InChI=1S/C15H15BrN2O/c16-11-14(10-12-4-2-1-3-5-12)18-15(19)13-6-8-17-9-7-13/h1-9,14H,10-11H2,(H,18,19). The summed E-state index contributed by atoms with van der Waals surface area (Å²) in [7, 11) is 0. The van der Waals surface area contributed by atoms with Crippen LogP contribution in [0, 0.1) is 0 Å². The zero-order chi connectivity index (χ0) is 13.5. The van der Waals surface area contributed by atoms with Gasteiger partial charge in [0.15, 0.2) is 0 Å². The lowest BCUT2D eigenvalue weighted by molar-refractivity contribution is 0.0941. The van der Waals surface area contributed by atoms with E-state index in [1.54, 1.807) is 24.5 Å². The molecule has 0 aliphatic carbocycles. The maximum Gasteiger partial charge on any atom is 0.251 e. The number of benzene rings is 1. The molecule has 0 radical (unpaired) electrons. The highest BCUT2D eigenvalue weighted by atomic mass is 79.9. The predicted octanol–water partition coefficient (Wildman–Crippen LogP) is 2.82. The molecular weight excluding hydrogens is 304 g/mol. The van der Waals surface area contributed by atoms with Crippen molar-refractivity contribution in [2.45, 2.75) is 12.5 Å². The van der Waals surface area contributed by atoms with Crippen molar-refractivity contribution in [3.63, 3.8) is 0 Å². The molecule has 0 bridgehead atoms. The molecule has 2 rings (SSSR count). The summed E-state index contributed by atoms with van der Waals surface area (Å²) in [6.07, 6.45) is 4.05. The number of halogens is 1. The van der Waals surface area contributed by atoms with Gasteiger partial charge in [-0.25, -0.2) is 0 Å². The quantitative estimate of drug-likeness (QED) is 0.861. The molecule has 98 valence electrons. The lowest BCUT2D eigenvalue weighted by Crippen LogP contribution is -2.37. The van der Waals surface area contributed by atoms with E-state index >= 15 is 0 Å².